The van der Waals surface area contributed by atoms with E-state index in [0.717, 1.165) is 11.5 Å². The standard InChI is InChI=1S/C14H20N2O4S/c1-10(13(17)16-14(18)15-2)21-9-8-20-12-6-4-11(19-3)5-7-12/h4-7,10H,8-9H2,1-3H3,(H2,15,16,17,18)/t10-/m1/s1. The molecule has 0 bridgehead atoms. The molecule has 7 heteroatoms. The largest absolute Gasteiger partial charge is 0.497 e. The molecule has 1 atom stereocenters. The number of amides is 3. The van der Waals surface area contributed by atoms with Crippen LogP contribution in [-0.2, 0) is 4.79 Å². The van der Waals surface area contributed by atoms with Gasteiger partial charge in [0.25, 0.3) is 0 Å². The highest BCUT2D eigenvalue weighted by atomic mass is 32.2. The molecule has 0 radical (unpaired) electrons. The number of hydrogen-bond donors (Lipinski definition) is 2. The van der Waals surface area contributed by atoms with Gasteiger partial charge in [0.1, 0.15) is 11.5 Å². The average molecular weight is 312 g/mol. The Labute approximate surface area is 128 Å². The Bertz CT molecular complexity index is 465. The zero-order valence-electron chi connectivity index (χ0n) is 12.3. The summed E-state index contributed by atoms with van der Waals surface area (Å²) in [4.78, 5) is 22.6. The summed E-state index contributed by atoms with van der Waals surface area (Å²) in [5, 5.41) is 4.25. The summed E-state index contributed by atoms with van der Waals surface area (Å²) < 4.78 is 10.6. The summed E-state index contributed by atoms with van der Waals surface area (Å²) in [5.74, 6) is 1.85. The third-order valence-corrected chi connectivity index (χ3v) is 3.73. The Balaban J connectivity index is 2.23. The molecule has 21 heavy (non-hydrogen) atoms. The molecule has 2 N–H and O–H groups in total. The molecular formula is C14H20N2O4S. The van der Waals surface area contributed by atoms with E-state index < -0.39 is 6.03 Å². The van der Waals surface area contributed by atoms with Crippen LogP contribution in [0.4, 0.5) is 4.79 Å². The molecule has 0 heterocycles. The van der Waals surface area contributed by atoms with Crippen molar-refractivity contribution >= 4 is 23.7 Å². The Morgan fingerprint density at radius 1 is 1.24 bits per heavy atom. The second kappa shape index (κ2) is 9.12. The van der Waals surface area contributed by atoms with Gasteiger partial charge in [0.05, 0.1) is 19.0 Å². The first-order valence-electron chi connectivity index (χ1n) is 6.48. The lowest BCUT2D eigenvalue weighted by Gasteiger charge is -2.11. The molecular weight excluding hydrogens is 292 g/mol. The van der Waals surface area contributed by atoms with Crippen molar-refractivity contribution < 1.29 is 19.1 Å². The van der Waals surface area contributed by atoms with Crippen molar-refractivity contribution in [2.24, 2.45) is 0 Å². The Hall–Kier alpha value is -1.89. The highest BCUT2D eigenvalue weighted by Gasteiger charge is 2.15. The maximum absolute atomic E-state index is 11.6. The van der Waals surface area contributed by atoms with Gasteiger partial charge in [0, 0.05) is 12.8 Å². The van der Waals surface area contributed by atoms with Crippen LogP contribution in [0.2, 0.25) is 0 Å². The maximum atomic E-state index is 11.6. The van der Waals surface area contributed by atoms with Crippen LogP contribution >= 0.6 is 11.8 Å². The number of methoxy groups -OCH3 is 1. The van der Waals surface area contributed by atoms with Crippen LogP contribution in [-0.4, -0.2) is 43.7 Å². The molecule has 0 fully saturated rings. The van der Waals surface area contributed by atoms with Gasteiger partial charge in [0.2, 0.25) is 5.91 Å². The first kappa shape index (κ1) is 17.2. The number of benzene rings is 1. The number of imide groups is 1. The molecule has 0 aromatic heterocycles. The number of urea groups is 1. The fourth-order valence-electron chi connectivity index (χ4n) is 1.41. The molecule has 3 amide bonds. The van der Waals surface area contributed by atoms with Crippen molar-refractivity contribution in [3.8, 4) is 11.5 Å². The molecule has 1 aromatic rings. The molecule has 1 aromatic carbocycles. The van der Waals surface area contributed by atoms with Crippen LogP contribution in [0.15, 0.2) is 24.3 Å². The van der Waals surface area contributed by atoms with Gasteiger partial charge in [-0.05, 0) is 31.2 Å². The van der Waals surface area contributed by atoms with Crippen molar-refractivity contribution in [2.45, 2.75) is 12.2 Å². The van der Waals surface area contributed by atoms with Crippen LogP contribution in [0, 0.1) is 0 Å². The molecule has 0 saturated heterocycles. The van der Waals surface area contributed by atoms with Crippen molar-refractivity contribution in [1.82, 2.24) is 10.6 Å². The van der Waals surface area contributed by atoms with Gasteiger partial charge in [-0.3, -0.25) is 10.1 Å². The number of nitrogens with one attached hydrogen (secondary N) is 2. The lowest BCUT2D eigenvalue weighted by molar-refractivity contribution is -0.119. The van der Waals surface area contributed by atoms with Gasteiger partial charge in [0.15, 0.2) is 0 Å². The third-order valence-electron chi connectivity index (χ3n) is 2.61. The normalized spacial score (nSPS) is 11.4. The minimum Gasteiger partial charge on any atom is -0.497 e. The second-order valence-corrected chi connectivity index (χ2v) is 5.55. The van der Waals surface area contributed by atoms with E-state index >= 15 is 0 Å². The molecule has 0 aliphatic carbocycles. The minimum absolute atomic E-state index is 0.316. The highest BCUT2D eigenvalue weighted by molar-refractivity contribution is 8.00. The van der Waals surface area contributed by atoms with Gasteiger partial charge in [-0.15, -0.1) is 11.8 Å². The lowest BCUT2D eigenvalue weighted by atomic mass is 10.3. The molecule has 0 aliphatic rings. The maximum Gasteiger partial charge on any atom is 0.321 e. The van der Waals surface area contributed by atoms with Crippen LogP contribution in [0.1, 0.15) is 6.92 Å². The SMILES string of the molecule is CNC(=O)NC(=O)[C@@H](C)SCCOc1ccc(OC)cc1. The number of rotatable bonds is 7. The van der Waals surface area contributed by atoms with Crippen molar-refractivity contribution in [1.29, 1.82) is 0 Å². The number of hydrogen-bond acceptors (Lipinski definition) is 5. The van der Waals surface area contributed by atoms with E-state index in [2.05, 4.69) is 10.6 Å². The zero-order valence-corrected chi connectivity index (χ0v) is 13.2. The minimum atomic E-state index is -0.498. The van der Waals surface area contributed by atoms with Crippen molar-refractivity contribution in [3.05, 3.63) is 24.3 Å². The molecule has 1 rings (SSSR count). The van der Waals surface area contributed by atoms with Gasteiger partial charge >= 0.3 is 6.03 Å². The van der Waals surface area contributed by atoms with Crippen molar-refractivity contribution in [3.63, 3.8) is 0 Å². The number of carbonyl (C=O) groups is 2. The first-order valence-corrected chi connectivity index (χ1v) is 7.52. The third kappa shape index (κ3) is 6.40. The Morgan fingerprint density at radius 2 is 1.86 bits per heavy atom. The quantitative estimate of drug-likeness (QED) is 0.749. The monoisotopic (exact) mass is 312 g/mol. The lowest BCUT2D eigenvalue weighted by Crippen LogP contribution is -2.41. The highest BCUT2D eigenvalue weighted by Crippen LogP contribution is 2.17. The average Bonchev–Trinajstić information content (AvgIpc) is 2.51. The van der Waals surface area contributed by atoms with Crippen molar-refractivity contribution in [2.75, 3.05) is 26.5 Å². The molecule has 0 spiro atoms. The number of ether oxygens (including phenoxy) is 2. The summed E-state index contributed by atoms with van der Waals surface area (Å²) in [7, 11) is 3.07. The smallest absolute Gasteiger partial charge is 0.321 e. The molecule has 0 unspecified atom stereocenters. The van der Waals surface area contributed by atoms with E-state index in [4.69, 9.17) is 9.47 Å². The second-order valence-electron chi connectivity index (χ2n) is 4.11. The van der Waals surface area contributed by atoms with Gasteiger partial charge < -0.3 is 14.8 Å². The molecule has 0 saturated carbocycles. The van der Waals surface area contributed by atoms with E-state index in [1.54, 1.807) is 14.0 Å². The zero-order chi connectivity index (χ0) is 15.7. The Kier molecular flexibility index (Phi) is 7.45. The number of carbonyl (C=O) groups excluding carboxylic acids is 2. The fraction of sp³-hybridized carbons (Fsp3) is 0.429. The van der Waals surface area contributed by atoms with Crippen LogP contribution in [0.25, 0.3) is 0 Å². The molecule has 0 aliphatic heterocycles. The van der Waals surface area contributed by atoms with Crippen LogP contribution < -0.4 is 20.1 Å². The van der Waals surface area contributed by atoms with E-state index in [-0.39, 0.29) is 11.2 Å². The Morgan fingerprint density at radius 3 is 2.43 bits per heavy atom. The van der Waals surface area contributed by atoms with E-state index in [0.29, 0.717) is 12.4 Å². The number of thioether (sulfide) groups is 1. The summed E-state index contributed by atoms with van der Waals surface area (Å²) in [6, 6.07) is 6.79. The molecule has 6 nitrogen and oxygen atoms in total. The summed E-state index contributed by atoms with van der Waals surface area (Å²) >= 11 is 1.42. The van der Waals surface area contributed by atoms with Crippen LogP contribution in [0.5, 0.6) is 11.5 Å². The fourth-order valence-corrected chi connectivity index (χ4v) is 2.15. The van der Waals surface area contributed by atoms with E-state index in [1.807, 2.05) is 24.3 Å². The first-order chi connectivity index (χ1) is 10.1. The van der Waals surface area contributed by atoms with Crippen LogP contribution in [0.3, 0.4) is 0 Å². The van der Waals surface area contributed by atoms with Gasteiger partial charge in [-0.25, -0.2) is 4.79 Å². The summed E-state index contributed by atoms with van der Waals surface area (Å²) in [5.41, 5.74) is 0. The predicted molar refractivity (Wildman–Crippen MR) is 83.0 cm³/mol. The van der Waals surface area contributed by atoms with E-state index in [1.165, 1.54) is 18.8 Å². The summed E-state index contributed by atoms with van der Waals surface area (Å²) in [6.45, 7) is 2.23. The van der Waals surface area contributed by atoms with E-state index in [9.17, 15) is 9.59 Å². The molecule has 116 valence electrons. The topological polar surface area (TPSA) is 76.7 Å². The predicted octanol–water partition coefficient (Wildman–Crippen LogP) is 1.65. The van der Waals surface area contributed by atoms with Gasteiger partial charge in [-0.2, -0.15) is 0 Å². The summed E-state index contributed by atoms with van der Waals surface area (Å²) in [6.07, 6.45) is 0. The van der Waals surface area contributed by atoms with Gasteiger partial charge in [-0.1, -0.05) is 0 Å².